The van der Waals surface area contributed by atoms with Crippen LogP contribution in [0.4, 0.5) is 13.2 Å². The molecule has 0 amide bonds. The van der Waals surface area contributed by atoms with Crippen LogP contribution in [-0.4, -0.2) is 28.4 Å². The zero-order valence-electron chi connectivity index (χ0n) is 13.4. The standard InChI is InChI=1S/C17H18F3N3O.ClH/c18-17(19,20)12-3-5-14(16(24)9-12)15-6-4-13(22-23-15)8-11-2-1-7-21-10-11;/h3-6,9,11,21,24H,1-2,7-8,10H2;1H. The average Bonchev–Trinajstić information content (AvgIpc) is 2.56. The number of hydrogen-bond acceptors (Lipinski definition) is 4. The molecule has 1 aliphatic rings. The first kappa shape index (κ1) is 19.5. The van der Waals surface area contributed by atoms with Crippen LogP contribution in [0.2, 0.25) is 0 Å². The summed E-state index contributed by atoms with van der Waals surface area (Å²) in [7, 11) is 0. The van der Waals surface area contributed by atoms with Crippen molar-refractivity contribution in [3.63, 3.8) is 0 Å². The van der Waals surface area contributed by atoms with E-state index in [0.29, 0.717) is 17.7 Å². The highest BCUT2D eigenvalue weighted by atomic mass is 35.5. The number of hydrogen-bond donors (Lipinski definition) is 2. The first-order chi connectivity index (χ1) is 11.4. The summed E-state index contributed by atoms with van der Waals surface area (Å²) in [6.45, 7) is 2.01. The summed E-state index contributed by atoms with van der Waals surface area (Å²) in [4.78, 5) is 0. The van der Waals surface area contributed by atoms with Gasteiger partial charge >= 0.3 is 6.18 Å². The van der Waals surface area contributed by atoms with E-state index in [9.17, 15) is 18.3 Å². The third kappa shape index (κ3) is 4.83. The maximum Gasteiger partial charge on any atom is 0.416 e. The van der Waals surface area contributed by atoms with Crippen LogP contribution in [0.5, 0.6) is 5.75 Å². The van der Waals surface area contributed by atoms with Gasteiger partial charge < -0.3 is 10.4 Å². The van der Waals surface area contributed by atoms with Gasteiger partial charge in [0, 0.05) is 5.56 Å². The first-order valence-corrected chi connectivity index (χ1v) is 7.87. The number of nitrogens with zero attached hydrogens (tertiary/aromatic N) is 2. The number of aromatic nitrogens is 2. The number of phenols is 1. The molecule has 0 saturated carbocycles. The summed E-state index contributed by atoms with van der Waals surface area (Å²) in [5.74, 6) is 0.0710. The van der Waals surface area contributed by atoms with Crippen LogP contribution in [0.25, 0.3) is 11.3 Å². The topological polar surface area (TPSA) is 58.0 Å². The highest BCUT2D eigenvalue weighted by Crippen LogP contribution is 2.35. The number of benzene rings is 1. The van der Waals surface area contributed by atoms with Crippen molar-refractivity contribution in [1.82, 2.24) is 15.5 Å². The largest absolute Gasteiger partial charge is 0.507 e. The maximum atomic E-state index is 12.6. The molecule has 1 aromatic heterocycles. The SMILES string of the molecule is Cl.Oc1cc(C(F)(F)F)ccc1-c1ccc(CC2CCCNC2)nn1. The van der Waals surface area contributed by atoms with E-state index in [0.717, 1.165) is 44.1 Å². The number of piperidine rings is 1. The molecule has 0 spiro atoms. The molecule has 0 aliphatic carbocycles. The van der Waals surface area contributed by atoms with Gasteiger partial charge in [0.15, 0.2) is 0 Å². The zero-order chi connectivity index (χ0) is 17.2. The number of nitrogens with one attached hydrogen (secondary N) is 1. The van der Waals surface area contributed by atoms with E-state index in [2.05, 4.69) is 15.5 Å². The lowest BCUT2D eigenvalue weighted by molar-refractivity contribution is -0.137. The van der Waals surface area contributed by atoms with Crippen LogP contribution in [0.1, 0.15) is 24.1 Å². The molecule has 1 aliphatic heterocycles. The van der Waals surface area contributed by atoms with Crippen LogP contribution >= 0.6 is 12.4 Å². The van der Waals surface area contributed by atoms with Gasteiger partial charge in [0.05, 0.1) is 17.0 Å². The Kier molecular flexibility index (Phi) is 6.24. The highest BCUT2D eigenvalue weighted by molar-refractivity contribution is 5.85. The number of aromatic hydroxyl groups is 1. The van der Waals surface area contributed by atoms with E-state index >= 15 is 0 Å². The molecule has 1 fully saturated rings. The van der Waals surface area contributed by atoms with E-state index in [-0.39, 0.29) is 18.0 Å². The summed E-state index contributed by atoms with van der Waals surface area (Å²) in [6, 6.07) is 6.35. The minimum absolute atomic E-state index is 0. The van der Waals surface area contributed by atoms with Gasteiger partial charge in [0.2, 0.25) is 0 Å². The zero-order valence-corrected chi connectivity index (χ0v) is 14.2. The van der Waals surface area contributed by atoms with E-state index < -0.39 is 17.5 Å². The molecular weight excluding hydrogens is 355 g/mol. The predicted molar refractivity (Wildman–Crippen MR) is 90.7 cm³/mol. The molecule has 4 nitrogen and oxygen atoms in total. The molecule has 2 N–H and O–H groups in total. The van der Waals surface area contributed by atoms with Crippen molar-refractivity contribution in [1.29, 1.82) is 0 Å². The molecule has 1 aromatic carbocycles. The Morgan fingerprint density at radius 2 is 1.96 bits per heavy atom. The molecule has 136 valence electrons. The Hall–Kier alpha value is -1.86. The Morgan fingerprint density at radius 1 is 1.16 bits per heavy atom. The molecule has 1 saturated heterocycles. The second-order valence-electron chi connectivity index (χ2n) is 6.06. The van der Waals surface area contributed by atoms with Crippen LogP contribution in [0, 0.1) is 5.92 Å². The second kappa shape index (κ2) is 8.01. The van der Waals surface area contributed by atoms with Crippen molar-refractivity contribution in [2.24, 2.45) is 5.92 Å². The van der Waals surface area contributed by atoms with Gasteiger partial charge in [-0.05, 0) is 68.6 Å². The molecule has 8 heteroatoms. The summed E-state index contributed by atoms with van der Waals surface area (Å²) in [5, 5.41) is 21.4. The lowest BCUT2D eigenvalue weighted by atomic mass is 9.94. The smallest absolute Gasteiger partial charge is 0.416 e. The number of phenolic OH excluding ortho intramolecular Hbond substituents is 1. The van der Waals surface area contributed by atoms with Gasteiger partial charge in [-0.25, -0.2) is 0 Å². The fraction of sp³-hybridized carbons (Fsp3) is 0.412. The Morgan fingerprint density at radius 3 is 2.52 bits per heavy atom. The van der Waals surface area contributed by atoms with E-state index in [1.165, 1.54) is 6.07 Å². The normalized spacial score (nSPS) is 17.8. The molecule has 2 heterocycles. The van der Waals surface area contributed by atoms with Crippen LogP contribution in [0.15, 0.2) is 30.3 Å². The molecular formula is C17H19ClF3N3O. The second-order valence-corrected chi connectivity index (χ2v) is 6.06. The van der Waals surface area contributed by atoms with Gasteiger partial charge in [0.25, 0.3) is 0 Å². The van der Waals surface area contributed by atoms with Gasteiger partial charge in [-0.3, -0.25) is 0 Å². The molecule has 1 atom stereocenters. The van der Waals surface area contributed by atoms with Crippen molar-refractivity contribution < 1.29 is 18.3 Å². The molecule has 1 unspecified atom stereocenters. The maximum absolute atomic E-state index is 12.6. The molecule has 2 aromatic rings. The van der Waals surface area contributed by atoms with Gasteiger partial charge in [0.1, 0.15) is 5.75 Å². The Bertz CT molecular complexity index is 701. The number of halogens is 4. The summed E-state index contributed by atoms with van der Waals surface area (Å²) < 4.78 is 37.9. The van der Waals surface area contributed by atoms with Crippen LogP contribution in [0.3, 0.4) is 0 Å². The van der Waals surface area contributed by atoms with Crippen LogP contribution in [-0.2, 0) is 12.6 Å². The minimum Gasteiger partial charge on any atom is -0.507 e. The van der Waals surface area contributed by atoms with Crippen molar-refractivity contribution in [3.05, 3.63) is 41.6 Å². The highest BCUT2D eigenvalue weighted by Gasteiger charge is 2.31. The summed E-state index contributed by atoms with van der Waals surface area (Å²) >= 11 is 0. The van der Waals surface area contributed by atoms with Crippen molar-refractivity contribution in [2.45, 2.75) is 25.4 Å². The lowest BCUT2D eigenvalue weighted by Gasteiger charge is -2.22. The van der Waals surface area contributed by atoms with Crippen LogP contribution < -0.4 is 5.32 Å². The van der Waals surface area contributed by atoms with Crippen molar-refractivity contribution in [2.75, 3.05) is 13.1 Å². The molecule has 0 radical (unpaired) electrons. The molecule has 0 bridgehead atoms. The van der Waals surface area contributed by atoms with Gasteiger partial charge in [-0.1, -0.05) is 0 Å². The number of alkyl halides is 3. The first-order valence-electron chi connectivity index (χ1n) is 7.87. The fourth-order valence-electron chi connectivity index (χ4n) is 2.93. The monoisotopic (exact) mass is 373 g/mol. The summed E-state index contributed by atoms with van der Waals surface area (Å²) in [6.07, 6.45) is -1.37. The van der Waals surface area contributed by atoms with Gasteiger partial charge in [-0.15, -0.1) is 12.4 Å². The quantitative estimate of drug-likeness (QED) is 0.858. The van der Waals surface area contributed by atoms with Gasteiger partial charge in [-0.2, -0.15) is 23.4 Å². The van der Waals surface area contributed by atoms with E-state index in [1.807, 2.05) is 6.07 Å². The number of rotatable bonds is 3. The third-order valence-corrected chi connectivity index (χ3v) is 4.22. The van der Waals surface area contributed by atoms with E-state index in [4.69, 9.17) is 0 Å². The Labute approximate surface area is 149 Å². The van der Waals surface area contributed by atoms with Crippen molar-refractivity contribution in [3.8, 4) is 17.0 Å². The summed E-state index contributed by atoms with van der Waals surface area (Å²) in [5.41, 5.74) is 0.546. The average molecular weight is 374 g/mol. The molecule has 3 rings (SSSR count). The van der Waals surface area contributed by atoms with E-state index in [1.54, 1.807) is 6.07 Å². The third-order valence-electron chi connectivity index (χ3n) is 4.22. The lowest BCUT2D eigenvalue weighted by Crippen LogP contribution is -2.31. The fourth-order valence-corrected chi connectivity index (χ4v) is 2.93. The minimum atomic E-state index is -4.49. The van der Waals surface area contributed by atoms with Crippen molar-refractivity contribution >= 4 is 12.4 Å². The Balaban J connectivity index is 0.00000225. The molecule has 25 heavy (non-hydrogen) atoms. The predicted octanol–water partition coefficient (Wildman–Crippen LogP) is 3.83.